The van der Waals surface area contributed by atoms with Crippen LogP contribution in [0.4, 0.5) is 0 Å². The molecule has 0 saturated carbocycles. The van der Waals surface area contributed by atoms with Crippen molar-refractivity contribution in [2.24, 2.45) is 0 Å². The zero-order valence-corrected chi connectivity index (χ0v) is 50.5. The molecule has 0 aliphatic carbocycles. The first-order chi connectivity index (χ1) is 37.5. The molecule has 0 bridgehead atoms. The van der Waals surface area contributed by atoms with Gasteiger partial charge in [-0.3, -0.25) is 14.4 Å². The first-order valence-corrected chi connectivity index (χ1v) is 32.9. The molecule has 0 fully saturated rings. The zero-order chi connectivity index (χ0) is 55.0. The van der Waals surface area contributed by atoms with Gasteiger partial charge in [0.15, 0.2) is 6.10 Å². The van der Waals surface area contributed by atoms with Gasteiger partial charge in [-0.1, -0.05) is 318 Å². The number of ether oxygens (including phenoxy) is 3. The van der Waals surface area contributed by atoms with Gasteiger partial charge in [0.05, 0.1) is 0 Å². The molecule has 0 aromatic heterocycles. The maximum absolute atomic E-state index is 12.9. The molecule has 0 amide bonds. The number of carbonyl (C=O) groups excluding carboxylic acids is 3. The molecule has 0 aliphatic heterocycles. The number of unbranched alkanes of at least 4 members (excludes halogenated alkanes) is 37. The van der Waals surface area contributed by atoms with Crippen LogP contribution in [0.1, 0.15) is 335 Å². The number of allylic oxidation sites excluding steroid dienone is 12. The van der Waals surface area contributed by atoms with Crippen LogP contribution in [0.3, 0.4) is 0 Å². The molecule has 0 aromatic rings. The fourth-order valence-corrected chi connectivity index (χ4v) is 9.57. The summed E-state index contributed by atoms with van der Waals surface area (Å²) in [6.07, 6.45) is 83.4. The molecule has 76 heavy (non-hydrogen) atoms. The predicted molar refractivity (Wildman–Crippen MR) is 330 cm³/mol. The van der Waals surface area contributed by atoms with E-state index in [1.807, 2.05) is 0 Å². The smallest absolute Gasteiger partial charge is 0.306 e. The summed E-state index contributed by atoms with van der Waals surface area (Å²) in [6, 6.07) is 0. The van der Waals surface area contributed by atoms with Crippen molar-refractivity contribution in [2.75, 3.05) is 13.2 Å². The van der Waals surface area contributed by atoms with Crippen molar-refractivity contribution in [3.05, 3.63) is 72.9 Å². The molecule has 0 radical (unpaired) electrons. The first-order valence-electron chi connectivity index (χ1n) is 32.9. The standard InChI is InChI=1S/C70H124O6/c1-4-7-10-13-16-19-22-25-27-29-31-33-35-37-38-40-42-45-48-51-54-57-60-63-69(72)75-66-67(65-74-68(71)62-59-56-53-50-47-44-24-21-18-15-12-9-6-3)76-70(73)64-61-58-55-52-49-46-43-41-39-36-34-32-30-28-26-23-20-17-14-11-8-5-2/h7,10,16,19,25,27,31,33,37-38,42,45,67H,4-6,8-9,11-15,17-18,20-24,26,28-30,32,34-36,39-41,43-44,46-66H2,1-3H3/b10-7-,19-16-,27-25-,33-31-,38-37-,45-42-. The summed E-state index contributed by atoms with van der Waals surface area (Å²) in [6.45, 7) is 6.55. The summed E-state index contributed by atoms with van der Waals surface area (Å²) in [5.74, 6) is -0.886. The van der Waals surface area contributed by atoms with Crippen molar-refractivity contribution in [1.29, 1.82) is 0 Å². The topological polar surface area (TPSA) is 78.9 Å². The number of hydrogen-bond acceptors (Lipinski definition) is 6. The highest BCUT2D eigenvalue weighted by Crippen LogP contribution is 2.18. The molecule has 0 aliphatic rings. The number of esters is 3. The number of rotatable bonds is 60. The van der Waals surface area contributed by atoms with E-state index >= 15 is 0 Å². The lowest BCUT2D eigenvalue weighted by atomic mass is 10.0. The van der Waals surface area contributed by atoms with Crippen molar-refractivity contribution in [3.8, 4) is 0 Å². The fraction of sp³-hybridized carbons (Fsp3) is 0.786. The summed E-state index contributed by atoms with van der Waals surface area (Å²) in [5, 5.41) is 0. The molecule has 0 spiro atoms. The molecule has 0 N–H and O–H groups in total. The predicted octanol–water partition coefficient (Wildman–Crippen LogP) is 22.5. The Morgan fingerprint density at radius 3 is 0.803 bits per heavy atom. The Hall–Kier alpha value is -3.15. The van der Waals surface area contributed by atoms with Gasteiger partial charge in [0.1, 0.15) is 13.2 Å². The van der Waals surface area contributed by atoms with E-state index in [0.717, 1.165) is 109 Å². The second-order valence-corrected chi connectivity index (χ2v) is 22.0. The SMILES string of the molecule is CC/C=C\C/C=C\C/C=C\C/C=C\C/C=C\C/C=C\CCCCCCC(=O)OCC(COC(=O)CCCCCCCCCCCCCCC)OC(=O)CCCCCCCCCCCCCCCCCCCCCCCC. The maximum Gasteiger partial charge on any atom is 0.306 e. The average molecular weight is 1060 g/mol. The lowest BCUT2D eigenvalue weighted by Crippen LogP contribution is -2.30. The van der Waals surface area contributed by atoms with E-state index in [0.29, 0.717) is 19.3 Å². The largest absolute Gasteiger partial charge is 0.462 e. The summed E-state index contributed by atoms with van der Waals surface area (Å²) >= 11 is 0. The third-order valence-corrected chi connectivity index (χ3v) is 14.5. The van der Waals surface area contributed by atoms with Gasteiger partial charge < -0.3 is 14.2 Å². The summed E-state index contributed by atoms with van der Waals surface area (Å²) in [4.78, 5) is 38.3. The van der Waals surface area contributed by atoms with Crippen LogP contribution in [0.5, 0.6) is 0 Å². The highest BCUT2D eigenvalue weighted by molar-refractivity contribution is 5.71. The Morgan fingerprint density at radius 1 is 0.276 bits per heavy atom. The van der Waals surface area contributed by atoms with Crippen LogP contribution in [0.25, 0.3) is 0 Å². The van der Waals surface area contributed by atoms with Gasteiger partial charge in [-0.25, -0.2) is 0 Å². The van der Waals surface area contributed by atoms with Crippen molar-refractivity contribution in [1.82, 2.24) is 0 Å². The normalized spacial score (nSPS) is 12.5. The Bertz CT molecular complexity index is 1400. The van der Waals surface area contributed by atoms with Gasteiger partial charge in [-0.05, 0) is 70.6 Å². The van der Waals surface area contributed by atoms with Crippen LogP contribution < -0.4 is 0 Å². The van der Waals surface area contributed by atoms with E-state index in [2.05, 4.69) is 93.7 Å². The minimum Gasteiger partial charge on any atom is -0.462 e. The summed E-state index contributed by atoms with van der Waals surface area (Å²) in [7, 11) is 0. The van der Waals surface area contributed by atoms with Crippen molar-refractivity contribution < 1.29 is 28.6 Å². The quantitative estimate of drug-likeness (QED) is 0.0261. The molecule has 1 atom stereocenters. The molecule has 0 aromatic carbocycles. The second-order valence-electron chi connectivity index (χ2n) is 22.0. The second kappa shape index (κ2) is 64.4. The Balaban J connectivity index is 4.35. The van der Waals surface area contributed by atoms with Crippen LogP contribution in [0.15, 0.2) is 72.9 Å². The van der Waals surface area contributed by atoms with Gasteiger partial charge in [-0.2, -0.15) is 0 Å². The van der Waals surface area contributed by atoms with E-state index in [1.54, 1.807) is 0 Å². The van der Waals surface area contributed by atoms with Crippen molar-refractivity contribution >= 4 is 17.9 Å². The molecular formula is C70H124O6. The van der Waals surface area contributed by atoms with Crippen LogP contribution in [-0.2, 0) is 28.6 Å². The lowest BCUT2D eigenvalue weighted by Gasteiger charge is -2.18. The highest BCUT2D eigenvalue weighted by atomic mass is 16.6. The average Bonchev–Trinajstić information content (AvgIpc) is 3.42. The van der Waals surface area contributed by atoms with E-state index in [1.165, 1.54) is 186 Å². The van der Waals surface area contributed by atoms with Gasteiger partial charge in [-0.15, -0.1) is 0 Å². The molecular weight excluding hydrogens is 937 g/mol. The molecule has 0 saturated heterocycles. The van der Waals surface area contributed by atoms with Crippen LogP contribution in [-0.4, -0.2) is 37.2 Å². The van der Waals surface area contributed by atoms with E-state index in [9.17, 15) is 14.4 Å². The first kappa shape index (κ1) is 72.8. The molecule has 0 rings (SSSR count). The minimum absolute atomic E-state index is 0.0791. The van der Waals surface area contributed by atoms with Crippen LogP contribution >= 0.6 is 0 Å². The molecule has 440 valence electrons. The van der Waals surface area contributed by atoms with E-state index in [4.69, 9.17) is 14.2 Å². The maximum atomic E-state index is 12.9. The van der Waals surface area contributed by atoms with Crippen molar-refractivity contribution in [3.63, 3.8) is 0 Å². The highest BCUT2D eigenvalue weighted by Gasteiger charge is 2.19. The van der Waals surface area contributed by atoms with E-state index in [-0.39, 0.29) is 31.1 Å². The van der Waals surface area contributed by atoms with Gasteiger partial charge in [0.25, 0.3) is 0 Å². The monoisotopic (exact) mass is 1060 g/mol. The molecule has 6 nitrogen and oxygen atoms in total. The summed E-state index contributed by atoms with van der Waals surface area (Å²) in [5.41, 5.74) is 0. The number of carbonyl (C=O) groups is 3. The lowest BCUT2D eigenvalue weighted by molar-refractivity contribution is -0.167. The zero-order valence-electron chi connectivity index (χ0n) is 50.5. The van der Waals surface area contributed by atoms with E-state index < -0.39 is 6.10 Å². The summed E-state index contributed by atoms with van der Waals surface area (Å²) < 4.78 is 16.9. The van der Waals surface area contributed by atoms with Gasteiger partial charge in [0, 0.05) is 19.3 Å². The van der Waals surface area contributed by atoms with Crippen molar-refractivity contribution in [2.45, 2.75) is 341 Å². The molecule has 0 heterocycles. The Kier molecular flexibility index (Phi) is 61.7. The van der Waals surface area contributed by atoms with Gasteiger partial charge in [0.2, 0.25) is 0 Å². The Labute approximate surface area is 472 Å². The third-order valence-electron chi connectivity index (χ3n) is 14.5. The minimum atomic E-state index is -0.784. The number of hydrogen-bond donors (Lipinski definition) is 0. The third kappa shape index (κ3) is 61.7. The molecule has 1 unspecified atom stereocenters. The molecule has 6 heteroatoms. The van der Waals surface area contributed by atoms with Crippen LogP contribution in [0.2, 0.25) is 0 Å². The van der Waals surface area contributed by atoms with Gasteiger partial charge >= 0.3 is 17.9 Å². The van der Waals surface area contributed by atoms with Crippen LogP contribution in [0, 0.1) is 0 Å². The Morgan fingerprint density at radius 2 is 0.513 bits per heavy atom. The fourth-order valence-electron chi connectivity index (χ4n) is 9.57.